The fraction of sp³-hybridized carbons (Fsp3) is 0.125. The monoisotopic (exact) mass is 269 g/mol. The number of benzene rings is 2. The van der Waals surface area contributed by atoms with Crippen LogP contribution in [0, 0.1) is 0 Å². The normalized spacial score (nSPS) is 10.7. The minimum atomic E-state index is 0.184. The van der Waals surface area contributed by atoms with Crippen molar-refractivity contribution in [3.8, 4) is 11.5 Å². The molecule has 0 unspecified atom stereocenters. The average molecular weight is 269 g/mol. The van der Waals surface area contributed by atoms with Gasteiger partial charge in [-0.25, -0.2) is 0 Å². The third-order valence-electron chi connectivity index (χ3n) is 3.32. The van der Waals surface area contributed by atoms with E-state index in [9.17, 15) is 5.11 Å². The van der Waals surface area contributed by atoms with Crippen molar-refractivity contribution in [1.82, 2.24) is 0 Å². The van der Waals surface area contributed by atoms with E-state index < -0.39 is 0 Å². The Hall–Kier alpha value is -2.62. The number of hydrogen-bond donors (Lipinski definition) is 1. The topological polar surface area (TPSA) is 45.8 Å². The molecule has 1 heterocycles. The number of hydrogen-bond acceptors (Lipinski definition) is 4. The highest BCUT2D eigenvalue weighted by Crippen LogP contribution is 2.38. The highest BCUT2D eigenvalue weighted by Gasteiger charge is 2.16. The van der Waals surface area contributed by atoms with E-state index in [-0.39, 0.29) is 5.75 Å². The summed E-state index contributed by atoms with van der Waals surface area (Å²) in [4.78, 5) is 1.86. The number of phenols is 1. The van der Waals surface area contributed by atoms with Crippen LogP contribution < -0.4 is 9.64 Å². The van der Waals surface area contributed by atoms with Crippen molar-refractivity contribution >= 4 is 22.3 Å². The molecular weight excluding hydrogens is 254 g/mol. The van der Waals surface area contributed by atoms with Gasteiger partial charge in [0.05, 0.1) is 12.8 Å². The van der Waals surface area contributed by atoms with Gasteiger partial charge >= 0.3 is 0 Å². The van der Waals surface area contributed by atoms with E-state index in [0.717, 1.165) is 16.5 Å². The molecule has 0 amide bonds. The lowest BCUT2D eigenvalue weighted by atomic mass is 10.2. The summed E-state index contributed by atoms with van der Waals surface area (Å²) in [6.45, 7) is 0. The average Bonchev–Trinajstić information content (AvgIpc) is 2.90. The summed E-state index contributed by atoms with van der Waals surface area (Å²) in [7, 11) is 3.48. The number of anilines is 2. The molecule has 4 heteroatoms. The minimum Gasteiger partial charge on any atom is -0.508 e. The summed E-state index contributed by atoms with van der Waals surface area (Å²) < 4.78 is 11.0. The van der Waals surface area contributed by atoms with Gasteiger partial charge in [-0.15, -0.1) is 0 Å². The molecule has 0 bridgehead atoms. The first-order valence-electron chi connectivity index (χ1n) is 6.27. The number of furan rings is 1. The second kappa shape index (κ2) is 4.81. The molecule has 1 aromatic heterocycles. The van der Waals surface area contributed by atoms with Crippen molar-refractivity contribution in [3.05, 3.63) is 48.7 Å². The molecule has 20 heavy (non-hydrogen) atoms. The van der Waals surface area contributed by atoms with Crippen LogP contribution in [0.4, 0.5) is 11.6 Å². The molecular formula is C16H15NO3. The lowest BCUT2D eigenvalue weighted by Crippen LogP contribution is -2.10. The predicted octanol–water partition coefficient (Wildman–Crippen LogP) is 3.91. The Morgan fingerprint density at radius 2 is 1.95 bits per heavy atom. The fourth-order valence-corrected chi connectivity index (χ4v) is 2.29. The minimum absolute atomic E-state index is 0.184. The molecule has 3 rings (SSSR count). The summed E-state index contributed by atoms with van der Waals surface area (Å²) in [6, 6.07) is 12.9. The Kier molecular flexibility index (Phi) is 2.99. The first-order valence-corrected chi connectivity index (χ1v) is 6.27. The maximum absolute atomic E-state index is 9.68. The van der Waals surface area contributed by atoms with Crippen molar-refractivity contribution in [2.45, 2.75) is 0 Å². The van der Waals surface area contributed by atoms with Crippen LogP contribution in [0.2, 0.25) is 0 Å². The van der Waals surface area contributed by atoms with Gasteiger partial charge in [0.1, 0.15) is 17.8 Å². The number of aromatic hydroxyl groups is 1. The number of ether oxygens (including phenoxy) is 1. The largest absolute Gasteiger partial charge is 0.508 e. The summed E-state index contributed by atoms with van der Waals surface area (Å²) in [5.41, 5.74) is 0.743. The molecule has 2 aromatic carbocycles. The number of fused-ring (bicyclic) bond motifs is 1. The molecule has 4 nitrogen and oxygen atoms in total. The highest BCUT2D eigenvalue weighted by molar-refractivity contribution is 5.93. The molecule has 0 aliphatic rings. The molecule has 0 saturated carbocycles. The summed E-state index contributed by atoms with van der Waals surface area (Å²) in [5.74, 6) is 1.57. The zero-order chi connectivity index (χ0) is 14.1. The van der Waals surface area contributed by atoms with Gasteiger partial charge in [0, 0.05) is 23.9 Å². The van der Waals surface area contributed by atoms with Gasteiger partial charge < -0.3 is 19.2 Å². The van der Waals surface area contributed by atoms with Gasteiger partial charge in [0.25, 0.3) is 0 Å². The van der Waals surface area contributed by atoms with Crippen molar-refractivity contribution in [1.29, 1.82) is 0 Å². The predicted molar refractivity (Wildman–Crippen MR) is 78.9 cm³/mol. The van der Waals surface area contributed by atoms with Gasteiger partial charge in [-0.05, 0) is 18.2 Å². The van der Waals surface area contributed by atoms with Crippen molar-refractivity contribution in [3.63, 3.8) is 0 Å². The van der Waals surface area contributed by atoms with E-state index >= 15 is 0 Å². The highest BCUT2D eigenvalue weighted by atomic mass is 16.5. The zero-order valence-corrected chi connectivity index (χ0v) is 11.3. The summed E-state index contributed by atoms with van der Waals surface area (Å²) in [5, 5.41) is 11.7. The van der Waals surface area contributed by atoms with Crippen LogP contribution in [0.3, 0.4) is 0 Å². The van der Waals surface area contributed by atoms with E-state index in [1.807, 2.05) is 36.2 Å². The first-order chi connectivity index (χ1) is 9.70. The smallest absolute Gasteiger partial charge is 0.207 e. The van der Waals surface area contributed by atoms with Gasteiger partial charge in [-0.2, -0.15) is 0 Å². The second-order valence-corrected chi connectivity index (χ2v) is 4.54. The molecule has 0 atom stereocenters. The molecule has 0 aliphatic carbocycles. The number of rotatable bonds is 3. The second-order valence-electron chi connectivity index (χ2n) is 4.54. The Labute approximate surface area is 116 Å². The Balaban J connectivity index is 2.13. The van der Waals surface area contributed by atoms with Crippen LogP contribution in [0.5, 0.6) is 11.5 Å². The Bertz CT molecular complexity index is 748. The van der Waals surface area contributed by atoms with Gasteiger partial charge in [0.2, 0.25) is 5.88 Å². The molecule has 0 fully saturated rings. The molecule has 3 aromatic rings. The molecule has 1 N–H and O–H groups in total. The van der Waals surface area contributed by atoms with Gasteiger partial charge in [0.15, 0.2) is 0 Å². The van der Waals surface area contributed by atoms with E-state index in [1.165, 1.54) is 0 Å². The number of nitrogens with zero attached hydrogens (tertiary/aromatic N) is 1. The van der Waals surface area contributed by atoms with E-state index in [0.29, 0.717) is 11.6 Å². The van der Waals surface area contributed by atoms with Gasteiger partial charge in [-0.1, -0.05) is 18.2 Å². The van der Waals surface area contributed by atoms with Crippen LogP contribution in [0.25, 0.3) is 10.8 Å². The molecule has 0 aliphatic heterocycles. The van der Waals surface area contributed by atoms with Crippen molar-refractivity contribution in [2.75, 3.05) is 19.1 Å². The Morgan fingerprint density at radius 3 is 2.75 bits per heavy atom. The molecule has 0 spiro atoms. The van der Waals surface area contributed by atoms with Crippen LogP contribution in [0.15, 0.2) is 53.1 Å². The van der Waals surface area contributed by atoms with Gasteiger partial charge in [-0.3, -0.25) is 0 Å². The Morgan fingerprint density at radius 1 is 1.15 bits per heavy atom. The van der Waals surface area contributed by atoms with E-state index in [2.05, 4.69) is 0 Å². The standard InChI is InChI=1S/C16H15NO3/c1-17(14-9-12(18)7-8-15(14)19-2)16-13-6-4-3-5-11(13)10-20-16/h3-10,18H,1-2H3. The number of phenolic OH excluding ortho intramolecular Hbond substituents is 1. The fourth-order valence-electron chi connectivity index (χ4n) is 2.29. The lowest BCUT2D eigenvalue weighted by Gasteiger charge is -2.19. The van der Waals surface area contributed by atoms with Crippen LogP contribution in [-0.4, -0.2) is 19.3 Å². The molecule has 0 radical (unpaired) electrons. The SMILES string of the molecule is COc1ccc(O)cc1N(C)c1occ2ccccc12. The first kappa shape index (κ1) is 12.4. The summed E-state index contributed by atoms with van der Waals surface area (Å²) in [6.07, 6.45) is 1.72. The number of methoxy groups -OCH3 is 1. The molecule has 102 valence electrons. The van der Waals surface area contributed by atoms with Crippen molar-refractivity contribution in [2.24, 2.45) is 0 Å². The lowest BCUT2D eigenvalue weighted by molar-refractivity contribution is 0.412. The summed E-state index contributed by atoms with van der Waals surface area (Å²) >= 11 is 0. The third-order valence-corrected chi connectivity index (χ3v) is 3.32. The quantitative estimate of drug-likeness (QED) is 0.783. The van der Waals surface area contributed by atoms with E-state index in [1.54, 1.807) is 31.6 Å². The maximum atomic E-state index is 9.68. The maximum Gasteiger partial charge on any atom is 0.207 e. The van der Waals surface area contributed by atoms with Crippen LogP contribution in [-0.2, 0) is 0 Å². The van der Waals surface area contributed by atoms with Crippen LogP contribution in [0.1, 0.15) is 0 Å². The molecule has 0 saturated heterocycles. The third kappa shape index (κ3) is 1.95. The zero-order valence-electron chi connectivity index (χ0n) is 11.3. The van der Waals surface area contributed by atoms with Crippen molar-refractivity contribution < 1.29 is 14.3 Å². The van der Waals surface area contributed by atoms with E-state index in [4.69, 9.17) is 9.15 Å². The van der Waals surface area contributed by atoms with Crippen LogP contribution >= 0.6 is 0 Å².